The van der Waals surface area contributed by atoms with E-state index in [1.165, 1.54) is 6.92 Å². The van der Waals surface area contributed by atoms with E-state index < -0.39 is 10.1 Å². The van der Waals surface area contributed by atoms with E-state index in [1.54, 1.807) is 0 Å². The average Bonchev–Trinajstić information content (AvgIpc) is 2.16. The molecule has 0 atom stereocenters. The number of aliphatic hydroxyl groups is 2. The van der Waals surface area contributed by atoms with Crippen molar-refractivity contribution < 1.29 is 33.1 Å². The molecule has 0 unspecified atom stereocenters. The maximum absolute atomic E-state index is 9.56. The zero-order valence-corrected chi connectivity index (χ0v) is 8.94. The fraction of sp³-hybridized carbons (Fsp3) is 0.571. The van der Waals surface area contributed by atoms with Crippen LogP contribution >= 0.6 is 0 Å². The predicted octanol–water partition coefficient (Wildman–Crippen LogP) is -1.43. The third-order valence-electron chi connectivity index (χ3n) is 0.648. The van der Waals surface area contributed by atoms with Crippen LogP contribution in [0.25, 0.3) is 0 Å². The van der Waals surface area contributed by atoms with Crippen molar-refractivity contribution in [3.63, 3.8) is 0 Å². The molecule has 0 radical (unpaired) electrons. The Labute approximate surface area is 88.1 Å². The van der Waals surface area contributed by atoms with Gasteiger partial charge in [-0.3, -0.25) is 9.35 Å². The molecule has 8 heteroatoms. The lowest BCUT2D eigenvalue weighted by Gasteiger charge is -1.79. The molecule has 7 nitrogen and oxygen atoms in total. The second-order valence-corrected chi connectivity index (χ2v) is 3.39. The van der Waals surface area contributed by atoms with Gasteiger partial charge in [0, 0.05) is 0 Å². The molecule has 0 spiro atoms. The van der Waals surface area contributed by atoms with E-state index in [4.69, 9.17) is 24.7 Å². The molecular formula is C7H14O7S. The quantitative estimate of drug-likeness (QED) is 0.252. The zero-order chi connectivity index (χ0) is 12.7. The summed E-state index contributed by atoms with van der Waals surface area (Å²) < 4.78 is 26.9. The molecular weight excluding hydrogens is 228 g/mol. The fourth-order valence-corrected chi connectivity index (χ4v) is 0.112. The molecule has 0 saturated heterocycles. The average molecular weight is 242 g/mol. The maximum Gasteiger partial charge on any atom is 0.290 e. The molecule has 0 aromatic rings. The second-order valence-electron chi connectivity index (χ2n) is 1.65. The van der Waals surface area contributed by atoms with Crippen molar-refractivity contribution in [1.29, 1.82) is 0 Å². The molecule has 0 aliphatic heterocycles. The zero-order valence-electron chi connectivity index (χ0n) is 8.12. The van der Waals surface area contributed by atoms with Gasteiger partial charge in [0.15, 0.2) is 0 Å². The van der Waals surface area contributed by atoms with E-state index in [9.17, 15) is 8.42 Å². The van der Waals surface area contributed by atoms with Crippen LogP contribution in [0, 0.1) is 11.8 Å². The molecule has 0 amide bonds. The summed E-state index contributed by atoms with van der Waals surface area (Å²) in [5.41, 5.74) is 0. The normalized spacial score (nSPS) is 8.00. The van der Waals surface area contributed by atoms with Crippen LogP contribution in [0.2, 0.25) is 0 Å². The van der Waals surface area contributed by atoms with Crippen LogP contribution in [0.15, 0.2) is 0 Å². The van der Waals surface area contributed by atoms with E-state index in [1.807, 2.05) is 0 Å². The number of hydrogen-bond acceptors (Lipinski definition) is 5. The molecule has 0 fully saturated rings. The van der Waals surface area contributed by atoms with Crippen molar-refractivity contribution >= 4 is 16.6 Å². The number of carboxylic acid groups (broad SMARTS) is 1. The van der Waals surface area contributed by atoms with E-state index in [0.717, 1.165) is 0 Å². The molecule has 4 N–H and O–H groups in total. The highest BCUT2D eigenvalue weighted by atomic mass is 32.2. The molecule has 0 saturated carbocycles. The lowest BCUT2D eigenvalue weighted by atomic mass is 10.6. The van der Waals surface area contributed by atoms with Crippen LogP contribution in [0.5, 0.6) is 0 Å². The number of rotatable bonds is 1. The van der Waals surface area contributed by atoms with Gasteiger partial charge in [-0.2, -0.15) is 8.42 Å². The van der Waals surface area contributed by atoms with Crippen molar-refractivity contribution in [3.8, 4) is 11.8 Å². The number of aliphatic hydroxyl groups excluding tert-OH is 2. The molecule has 15 heavy (non-hydrogen) atoms. The van der Waals surface area contributed by atoms with Gasteiger partial charge in [-0.15, -0.1) is 0 Å². The summed E-state index contributed by atoms with van der Waals surface area (Å²) in [7, 11) is -3.66. The van der Waals surface area contributed by atoms with Gasteiger partial charge in [0.25, 0.3) is 16.6 Å². The fourth-order valence-electron chi connectivity index (χ4n) is 0.112. The molecule has 0 aliphatic carbocycles. The Morgan fingerprint density at radius 1 is 1.20 bits per heavy atom. The highest BCUT2D eigenvalue weighted by Crippen LogP contribution is 1.74. The lowest BCUT2D eigenvalue weighted by molar-refractivity contribution is -0.122. The van der Waals surface area contributed by atoms with Gasteiger partial charge < -0.3 is 15.3 Å². The highest BCUT2D eigenvalue weighted by Gasteiger charge is 1.93. The summed E-state index contributed by atoms with van der Waals surface area (Å²) in [4.78, 5) is 8.36. The molecule has 0 heterocycles. The Morgan fingerprint density at radius 2 is 1.40 bits per heavy atom. The van der Waals surface area contributed by atoms with Crippen LogP contribution in [0.3, 0.4) is 0 Å². The first-order chi connectivity index (χ1) is 6.89. The largest absolute Gasteiger partial charge is 0.483 e. The summed E-state index contributed by atoms with van der Waals surface area (Å²) in [6, 6.07) is 0. The molecule has 0 aliphatic rings. The first-order valence-corrected chi connectivity index (χ1v) is 5.20. The second kappa shape index (κ2) is 15.3. The Balaban J connectivity index is -0.000000153. The first kappa shape index (κ1) is 19.4. The summed E-state index contributed by atoms with van der Waals surface area (Å²) in [6.07, 6.45) is 0. The minimum Gasteiger partial charge on any atom is -0.483 e. The summed E-state index contributed by atoms with van der Waals surface area (Å²) in [5, 5.41) is 22.7. The van der Waals surface area contributed by atoms with Crippen molar-refractivity contribution in [2.24, 2.45) is 0 Å². The monoisotopic (exact) mass is 242 g/mol. The standard InChI is InChI=1S/C4H6O2.C2H6O3S.CH2O2/c5-3-1-2-4-6;1-2-6(3,4)5;2-1-3/h5-6H,3-4H2;2H2,1H3,(H,3,4,5);1H,(H,2,3). The lowest BCUT2D eigenvalue weighted by Crippen LogP contribution is -1.97. The van der Waals surface area contributed by atoms with E-state index in [2.05, 4.69) is 11.8 Å². The van der Waals surface area contributed by atoms with Gasteiger partial charge in [0.1, 0.15) is 13.2 Å². The minimum absolute atomic E-state index is 0.166. The molecule has 0 rings (SSSR count). The minimum atomic E-state index is -3.66. The van der Waals surface area contributed by atoms with Crippen molar-refractivity contribution in [2.75, 3.05) is 19.0 Å². The van der Waals surface area contributed by atoms with Gasteiger partial charge in [-0.05, 0) is 6.92 Å². The Hall–Kier alpha value is -1.14. The molecule has 0 bridgehead atoms. The summed E-state index contributed by atoms with van der Waals surface area (Å²) in [5.74, 6) is 4.31. The SMILES string of the molecule is CCS(=O)(=O)O.O=CO.OCC#CCO. The van der Waals surface area contributed by atoms with Crippen molar-refractivity contribution in [1.82, 2.24) is 0 Å². The van der Waals surface area contributed by atoms with Gasteiger partial charge in [0.05, 0.1) is 5.75 Å². The summed E-state index contributed by atoms with van der Waals surface area (Å²) >= 11 is 0. The third kappa shape index (κ3) is 64.2. The van der Waals surface area contributed by atoms with E-state index in [-0.39, 0.29) is 25.4 Å². The smallest absolute Gasteiger partial charge is 0.290 e. The van der Waals surface area contributed by atoms with Crippen LogP contribution < -0.4 is 0 Å². The van der Waals surface area contributed by atoms with E-state index in [0.29, 0.717) is 0 Å². The van der Waals surface area contributed by atoms with Gasteiger partial charge >= 0.3 is 0 Å². The Morgan fingerprint density at radius 3 is 1.47 bits per heavy atom. The number of carbonyl (C=O) groups is 1. The third-order valence-corrected chi connectivity index (χ3v) is 1.38. The number of hydrogen-bond donors (Lipinski definition) is 4. The first-order valence-electron chi connectivity index (χ1n) is 3.60. The summed E-state index contributed by atoms with van der Waals surface area (Å²) in [6.45, 7) is 0.788. The van der Waals surface area contributed by atoms with Crippen LogP contribution in [0.4, 0.5) is 0 Å². The van der Waals surface area contributed by atoms with Crippen molar-refractivity contribution in [3.05, 3.63) is 0 Å². The molecule has 0 aromatic heterocycles. The topological polar surface area (TPSA) is 132 Å². The van der Waals surface area contributed by atoms with Crippen molar-refractivity contribution in [2.45, 2.75) is 6.92 Å². The van der Waals surface area contributed by atoms with Crippen LogP contribution in [-0.2, 0) is 14.9 Å². The van der Waals surface area contributed by atoms with Gasteiger partial charge in [-0.25, -0.2) is 0 Å². The highest BCUT2D eigenvalue weighted by molar-refractivity contribution is 7.85. The van der Waals surface area contributed by atoms with Crippen LogP contribution in [0.1, 0.15) is 6.92 Å². The predicted molar refractivity (Wildman–Crippen MR) is 52.7 cm³/mol. The van der Waals surface area contributed by atoms with Gasteiger partial charge in [0.2, 0.25) is 0 Å². The Kier molecular flexibility index (Phi) is 19.9. The molecule has 0 aromatic carbocycles. The van der Waals surface area contributed by atoms with E-state index >= 15 is 0 Å². The van der Waals surface area contributed by atoms with Crippen LogP contribution in [-0.4, -0.2) is 53.7 Å². The maximum atomic E-state index is 9.56. The Bertz CT molecular complexity index is 263. The van der Waals surface area contributed by atoms with Gasteiger partial charge in [-0.1, -0.05) is 11.8 Å². The molecule has 90 valence electrons.